The first kappa shape index (κ1) is 24.7. The summed E-state index contributed by atoms with van der Waals surface area (Å²) in [6.45, 7) is 10.7. The summed E-state index contributed by atoms with van der Waals surface area (Å²) in [5, 5.41) is 9.12. The number of hydrogen-bond donors (Lipinski definition) is 2. The molecule has 2 unspecified atom stereocenters. The van der Waals surface area contributed by atoms with Gasteiger partial charge in [0.1, 0.15) is 25.1 Å². The van der Waals surface area contributed by atoms with Crippen LogP contribution in [-0.4, -0.2) is 76.9 Å². The third kappa shape index (κ3) is 4.30. The molecule has 2 saturated heterocycles. The van der Waals surface area contributed by atoms with Gasteiger partial charge in [0.15, 0.2) is 12.0 Å². The van der Waals surface area contributed by atoms with Crippen LogP contribution >= 0.6 is 0 Å². The first-order chi connectivity index (χ1) is 18.0. The normalized spacial score (nSPS) is 28.2. The van der Waals surface area contributed by atoms with Gasteiger partial charge in [-0.3, -0.25) is 4.90 Å². The quantitative estimate of drug-likeness (QED) is 0.483. The van der Waals surface area contributed by atoms with Crippen LogP contribution in [0.4, 0.5) is 0 Å². The number of nitrogens with zero attached hydrogens (tertiary/aromatic N) is 6. The Morgan fingerprint density at radius 2 is 1.86 bits per heavy atom. The number of aliphatic imine (C=N–C) groups is 1. The molecule has 0 spiro atoms. The Labute approximate surface area is 220 Å². The van der Waals surface area contributed by atoms with E-state index in [0.717, 1.165) is 70.6 Å². The molecule has 2 N–H and O–H groups in total. The average molecular weight is 510 g/mol. The fraction of sp³-hybridized carbons (Fsp3) is 0.593. The topological polar surface area (TPSA) is 67.8 Å². The Morgan fingerprint density at radius 3 is 2.65 bits per heavy atom. The van der Waals surface area contributed by atoms with Crippen molar-refractivity contribution in [2.45, 2.75) is 65.5 Å². The Hall–Kier alpha value is -2.63. The van der Waals surface area contributed by atoms with E-state index in [1.807, 2.05) is 11.3 Å². The van der Waals surface area contributed by atoms with Crippen LogP contribution in [0.3, 0.4) is 0 Å². The Balaban J connectivity index is 1.32. The van der Waals surface area contributed by atoms with Crippen LogP contribution in [0.25, 0.3) is 0 Å². The molecule has 6 rings (SSSR count). The highest BCUT2D eigenvalue weighted by Gasteiger charge is 2.50. The van der Waals surface area contributed by atoms with Crippen molar-refractivity contribution in [3.05, 3.63) is 58.6 Å². The molecule has 10 heteroatoms. The van der Waals surface area contributed by atoms with E-state index in [0.29, 0.717) is 11.3 Å². The minimum absolute atomic E-state index is 0.0361. The lowest BCUT2D eigenvalue weighted by Gasteiger charge is -2.44. The summed E-state index contributed by atoms with van der Waals surface area (Å²) in [6, 6.07) is 0. The number of hydrogen-bond acceptors (Lipinski definition) is 9. The maximum absolute atomic E-state index is 7.34. The predicted octanol–water partition coefficient (Wildman–Crippen LogP) is 3.38. The zero-order chi connectivity index (χ0) is 25.6. The van der Waals surface area contributed by atoms with Crippen LogP contribution in [0, 0.1) is 0 Å². The van der Waals surface area contributed by atoms with Gasteiger partial charge in [0.2, 0.25) is 0 Å². The summed E-state index contributed by atoms with van der Waals surface area (Å²) in [5.74, 6) is 2.27. The van der Waals surface area contributed by atoms with Crippen LogP contribution in [0.15, 0.2) is 63.6 Å². The lowest BCUT2D eigenvalue weighted by Crippen LogP contribution is -2.56. The molecule has 0 aromatic heterocycles. The van der Waals surface area contributed by atoms with Crippen molar-refractivity contribution >= 4 is 6.21 Å². The zero-order valence-electron chi connectivity index (χ0n) is 22.7. The average Bonchev–Trinajstić information content (AvgIpc) is 3.52. The van der Waals surface area contributed by atoms with Crippen molar-refractivity contribution in [3.8, 4) is 0 Å². The van der Waals surface area contributed by atoms with E-state index in [1.165, 1.54) is 34.2 Å². The summed E-state index contributed by atoms with van der Waals surface area (Å²) in [6.07, 6.45) is 14.6. The second kappa shape index (κ2) is 9.92. The molecular weight excluding hydrogens is 468 g/mol. The van der Waals surface area contributed by atoms with E-state index in [1.54, 1.807) is 7.11 Å². The van der Waals surface area contributed by atoms with E-state index in [4.69, 9.17) is 14.7 Å². The Kier molecular flexibility index (Phi) is 6.62. The minimum Gasteiger partial charge on any atom is -0.360 e. The van der Waals surface area contributed by atoms with Crippen LogP contribution in [0.2, 0.25) is 0 Å². The van der Waals surface area contributed by atoms with Crippen molar-refractivity contribution in [2.24, 2.45) is 4.99 Å². The lowest BCUT2D eigenvalue weighted by molar-refractivity contribution is -1.05. The molecular formula is C27H41N8O2+. The second-order valence-corrected chi connectivity index (χ2v) is 10.7. The SMILES string of the molecule is CCCC(O[N+]1(CCC)C=C(C)CC2=C1N1CN(OC)CC1=CN2)N1CC2=CNC3=C(N=CCC3)N2C1. The standard InChI is InChI=1S/C27H41N8O2/c1-5-8-25(31-15-21-13-29-23-9-7-10-28-26(23)33(21)18-31)37-35(11-6-2)17-20(3)12-24-27(35)34-19-32(36-4)16-22(34)14-30-24/h10,13-14,17,25,29-30H,5-9,11-12,15-16,18-19H2,1-4H3/q+1. The zero-order valence-corrected chi connectivity index (χ0v) is 22.7. The predicted molar refractivity (Wildman–Crippen MR) is 142 cm³/mol. The molecule has 0 radical (unpaired) electrons. The fourth-order valence-corrected chi connectivity index (χ4v) is 6.34. The molecule has 0 aliphatic carbocycles. The van der Waals surface area contributed by atoms with Gasteiger partial charge >= 0.3 is 0 Å². The lowest BCUT2D eigenvalue weighted by atomic mass is 10.1. The second-order valence-electron chi connectivity index (χ2n) is 10.7. The molecule has 200 valence electrons. The van der Waals surface area contributed by atoms with Gasteiger partial charge in [-0.2, -0.15) is 9.90 Å². The van der Waals surface area contributed by atoms with Crippen molar-refractivity contribution in [1.82, 2.24) is 30.4 Å². The molecule has 0 aromatic carbocycles. The first-order valence-corrected chi connectivity index (χ1v) is 13.8. The summed E-state index contributed by atoms with van der Waals surface area (Å²) in [5.41, 5.74) is 6.25. The molecule has 6 heterocycles. The van der Waals surface area contributed by atoms with Gasteiger partial charge in [-0.1, -0.05) is 20.3 Å². The molecule has 0 saturated carbocycles. The molecule has 10 nitrogen and oxygen atoms in total. The van der Waals surface area contributed by atoms with Gasteiger partial charge < -0.3 is 20.4 Å². The van der Waals surface area contributed by atoms with Crippen LogP contribution in [0.1, 0.15) is 59.3 Å². The summed E-state index contributed by atoms with van der Waals surface area (Å²) in [7, 11) is 1.75. The highest BCUT2D eigenvalue weighted by molar-refractivity contribution is 5.62. The van der Waals surface area contributed by atoms with Crippen LogP contribution in [-0.2, 0) is 9.68 Å². The third-order valence-corrected chi connectivity index (χ3v) is 7.94. The Morgan fingerprint density at radius 1 is 1.05 bits per heavy atom. The van der Waals surface area contributed by atoms with E-state index in [9.17, 15) is 0 Å². The maximum atomic E-state index is 7.34. The number of hydroxylamine groups is 5. The summed E-state index contributed by atoms with van der Waals surface area (Å²) >= 11 is 0. The van der Waals surface area contributed by atoms with Gasteiger partial charge in [0.25, 0.3) is 5.82 Å². The van der Waals surface area contributed by atoms with E-state index in [-0.39, 0.29) is 6.23 Å². The van der Waals surface area contributed by atoms with Gasteiger partial charge in [-0.05, 0) is 38.2 Å². The van der Waals surface area contributed by atoms with Gasteiger partial charge in [0, 0.05) is 31.6 Å². The van der Waals surface area contributed by atoms with Crippen molar-refractivity contribution in [1.29, 1.82) is 0 Å². The fourth-order valence-electron chi connectivity index (χ4n) is 6.34. The number of rotatable bonds is 8. The smallest absolute Gasteiger partial charge is 0.267 e. The number of nitrogens with one attached hydrogen (secondary N) is 2. The highest BCUT2D eigenvalue weighted by atomic mass is 16.7. The van der Waals surface area contributed by atoms with Gasteiger partial charge in [-0.25, -0.2) is 9.89 Å². The molecule has 2 fully saturated rings. The summed E-state index contributed by atoms with van der Waals surface area (Å²) < 4.78 is 0.393. The molecule has 6 aliphatic rings. The number of fused-ring (bicyclic) bond motifs is 4. The molecule has 0 amide bonds. The summed E-state index contributed by atoms with van der Waals surface area (Å²) in [4.78, 5) is 24.9. The molecule has 0 aromatic rings. The number of allylic oxidation sites excluding steroid dienone is 2. The van der Waals surface area contributed by atoms with E-state index >= 15 is 0 Å². The number of quaternary nitrogens is 1. The first-order valence-electron chi connectivity index (χ1n) is 13.8. The van der Waals surface area contributed by atoms with E-state index < -0.39 is 0 Å². The van der Waals surface area contributed by atoms with Crippen LogP contribution < -0.4 is 10.6 Å². The molecule has 6 aliphatic heterocycles. The van der Waals surface area contributed by atoms with Crippen molar-refractivity contribution < 1.29 is 14.3 Å². The maximum Gasteiger partial charge on any atom is 0.267 e. The monoisotopic (exact) mass is 509 g/mol. The van der Waals surface area contributed by atoms with Crippen molar-refractivity contribution in [2.75, 3.05) is 40.1 Å². The van der Waals surface area contributed by atoms with Crippen molar-refractivity contribution in [3.63, 3.8) is 0 Å². The highest BCUT2D eigenvalue weighted by Crippen LogP contribution is 2.42. The van der Waals surface area contributed by atoms with Gasteiger partial charge in [0.05, 0.1) is 37.4 Å². The van der Waals surface area contributed by atoms with Crippen LogP contribution in [0.5, 0.6) is 0 Å². The molecule has 2 atom stereocenters. The third-order valence-electron chi connectivity index (χ3n) is 7.94. The Bertz CT molecular complexity index is 1120. The van der Waals surface area contributed by atoms with Gasteiger partial charge in [-0.15, -0.1) is 4.65 Å². The molecule has 0 bridgehead atoms. The van der Waals surface area contributed by atoms with E-state index in [2.05, 4.69) is 64.7 Å². The molecule has 37 heavy (non-hydrogen) atoms. The largest absolute Gasteiger partial charge is 0.360 e. The minimum atomic E-state index is -0.0361.